The molecule has 2 fully saturated rings. The number of hydrogen-bond donors (Lipinski definition) is 1. The molecule has 3 aliphatic rings. The molecule has 10 nitrogen and oxygen atoms in total. The Bertz CT molecular complexity index is 1860. The maximum absolute atomic E-state index is 14.5. The molecule has 10 heteroatoms. The number of nitrogens with one attached hydrogen (secondary N) is 1. The minimum atomic E-state index is -1.25. The molecule has 4 heterocycles. The molecule has 40 heavy (non-hydrogen) atoms. The second-order valence-electron chi connectivity index (χ2n) is 11.1. The summed E-state index contributed by atoms with van der Waals surface area (Å²) in [6.45, 7) is 5.68. The Kier molecular flexibility index (Phi) is 4.96. The van der Waals surface area contributed by atoms with Gasteiger partial charge in [0.1, 0.15) is 11.4 Å². The Labute approximate surface area is 228 Å². The summed E-state index contributed by atoms with van der Waals surface area (Å²) in [4.78, 5) is 59.7. The number of fused-ring (bicyclic) bond motifs is 8. The number of anilines is 1. The van der Waals surface area contributed by atoms with Gasteiger partial charge in [0.2, 0.25) is 11.8 Å². The van der Waals surface area contributed by atoms with E-state index in [0.29, 0.717) is 33.5 Å². The quantitative estimate of drug-likeness (QED) is 0.241. The van der Waals surface area contributed by atoms with Crippen LogP contribution in [-0.2, 0) is 15.1 Å². The molecule has 1 aromatic heterocycles. The Hall–Kier alpha value is -4.70. The topological polar surface area (TPSA) is 127 Å². The van der Waals surface area contributed by atoms with Crippen molar-refractivity contribution >= 4 is 34.1 Å². The van der Waals surface area contributed by atoms with Crippen molar-refractivity contribution in [2.45, 2.75) is 32.4 Å². The average Bonchev–Trinajstić information content (AvgIpc) is 3.53. The number of carbonyl (C=O) groups excluding carboxylic acids is 2. The third kappa shape index (κ3) is 2.91. The molecule has 200 valence electrons. The van der Waals surface area contributed by atoms with Crippen LogP contribution in [0.5, 0.6) is 0 Å². The zero-order valence-electron chi connectivity index (χ0n) is 22.0. The lowest BCUT2D eigenvalue weighted by Crippen LogP contribution is -2.51. The molecule has 2 amide bonds. The van der Waals surface area contributed by atoms with Crippen molar-refractivity contribution in [1.29, 1.82) is 0 Å². The monoisotopic (exact) mass is 535 g/mol. The molecule has 3 aromatic carbocycles. The van der Waals surface area contributed by atoms with Gasteiger partial charge in [0, 0.05) is 23.7 Å². The van der Waals surface area contributed by atoms with E-state index in [1.165, 1.54) is 12.1 Å². The molecule has 3 aliphatic heterocycles. The standard InChI is InChI=1S/C30H25N5O5/c1-15(2)25-23-24(28(38)33(27(23)37)22-14-17(35(39)40)13-12-16(22)3)30(32-25)19-9-5-7-11-21(19)34-26(36)18-8-4-6-10-20(18)31-29(30)34/h4-15,23-25,32H,1-3H3/t23-,24-,25-,30-/m0/s1. The van der Waals surface area contributed by atoms with Crippen LogP contribution in [0, 0.1) is 34.8 Å². The smallest absolute Gasteiger partial charge is 0.271 e. The number of aromatic nitrogens is 2. The van der Waals surface area contributed by atoms with Gasteiger partial charge in [-0.1, -0.05) is 50.2 Å². The van der Waals surface area contributed by atoms with E-state index < -0.39 is 40.2 Å². The molecule has 0 unspecified atom stereocenters. The first-order chi connectivity index (χ1) is 19.2. The van der Waals surface area contributed by atoms with Crippen LogP contribution in [0.1, 0.15) is 30.8 Å². The van der Waals surface area contributed by atoms with E-state index in [9.17, 15) is 24.5 Å². The van der Waals surface area contributed by atoms with Crippen molar-refractivity contribution in [3.8, 4) is 5.69 Å². The number of hydrogen-bond acceptors (Lipinski definition) is 7. The van der Waals surface area contributed by atoms with E-state index in [2.05, 4.69) is 5.32 Å². The first-order valence-corrected chi connectivity index (χ1v) is 13.2. The normalized spacial score (nSPS) is 24.7. The number of aryl methyl sites for hydroxylation is 1. The number of carbonyl (C=O) groups is 2. The van der Waals surface area contributed by atoms with E-state index in [1.807, 2.05) is 38.1 Å². The molecule has 0 radical (unpaired) electrons. The van der Waals surface area contributed by atoms with Crippen LogP contribution in [-0.4, -0.2) is 32.3 Å². The fourth-order valence-electron chi connectivity index (χ4n) is 6.91. The Balaban J connectivity index is 1.52. The lowest BCUT2D eigenvalue weighted by Gasteiger charge is -2.32. The van der Waals surface area contributed by atoms with Gasteiger partial charge >= 0.3 is 0 Å². The van der Waals surface area contributed by atoms with Crippen molar-refractivity contribution in [2.75, 3.05) is 4.90 Å². The second-order valence-corrected chi connectivity index (χ2v) is 11.1. The van der Waals surface area contributed by atoms with Gasteiger partial charge in [-0.3, -0.25) is 34.4 Å². The van der Waals surface area contributed by atoms with Gasteiger partial charge in [-0.05, 0) is 36.6 Å². The minimum absolute atomic E-state index is 0.0526. The molecule has 0 bridgehead atoms. The Morgan fingerprint density at radius 3 is 2.45 bits per heavy atom. The molecular weight excluding hydrogens is 510 g/mol. The van der Waals surface area contributed by atoms with Crippen molar-refractivity contribution in [3.63, 3.8) is 0 Å². The van der Waals surface area contributed by atoms with Gasteiger partial charge in [-0.2, -0.15) is 0 Å². The molecule has 4 atom stereocenters. The summed E-state index contributed by atoms with van der Waals surface area (Å²) in [7, 11) is 0. The second kappa shape index (κ2) is 8.15. The number of benzene rings is 3. The average molecular weight is 536 g/mol. The fraction of sp³-hybridized carbons (Fsp3) is 0.267. The first kappa shape index (κ1) is 24.3. The zero-order chi connectivity index (χ0) is 28.1. The van der Waals surface area contributed by atoms with E-state index in [-0.39, 0.29) is 22.9 Å². The summed E-state index contributed by atoms with van der Waals surface area (Å²) >= 11 is 0. The van der Waals surface area contributed by atoms with Crippen molar-refractivity contribution in [2.24, 2.45) is 17.8 Å². The highest BCUT2D eigenvalue weighted by atomic mass is 16.6. The van der Waals surface area contributed by atoms with Crippen LogP contribution in [0.15, 0.2) is 71.5 Å². The summed E-state index contributed by atoms with van der Waals surface area (Å²) in [6, 6.07) is 18.2. The van der Waals surface area contributed by atoms with Gasteiger partial charge in [0.15, 0.2) is 0 Å². The molecule has 2 saturated heterocycles. The van der Waals surface area contributed by atoms with Gasteiger partial charge < -0.3 is 0 Å². The highest BCUT2D eigenvalue weighted by molar-refractivity contribution is 6.23. The van der Waals surface area contributed by atoms with Crippen molar-refractivity contribution in [3.05, 3.63) is 104 Å². The number of rotatable bonds is 3. The number of nitro groups is 1. The SMILES string of the molecule is Cc1ccc([N+](=O)[O-])cc1N1C(=O)[C@H]2[C@@H](C1=O)[C@@]1(N[C@H]2C(C)C)c2ccccc2-n2c1nc1ccccc1c2=O. The van der Waals surface area contributed by atoms with Crippen LogP contribution in [0.3, 0.4) is 0 Å². The van der Waals surface area contributed by atoms with Crippen LogP contribution >= 0.6 is 0 Å². The third-order valence-electron chi connectivity index (χ3n) is 8.66. The van der Waals surface area contributed by atoms with Crippen LogP contribution in [0.2, 0.25) is 0 Å². The zero-order valence-corrected chi connectivity index (χ0v) is 22.0. The number of nitrogens with zero attached hydrogens (tertiary/aromatic N) is 4. The van der Waals surface area contributed by atoms with Gasteiger partial charge in [-0.25, -0.2) is 9.88 Å². The molecular formula is C30H25N5O5. The molecule has 1 N–H and O–H groups in total. The molecule has 7 rings (SSSR count). The maximum atomic E-state index is 14.5. The lowest BCUT2D eigenvalue weighted by molar-refractivity contribution is -0.384. The highest BCUT2D eigenvalue weighted by Gasteiger charge is 2.70. The minimum Gasteiger partial charge on any atom is -0.296 e. The molecule has 1 spiro atoms. The third-order valence-corrected chi connectivity index (χ3v) is 8.66. The lowest BCUT2D eigenvalue weighted by atomic mass is 9.75. The molecule has 4 aromatic rings. The molecule has 0 aliphatic carbocycles. The van der Waals surface area contributed by atoms with Crippen LogP contribution in [0.4, 0.5) is 11.4 Å². The van der Waals surface area contributed by atoms with Gasteiger partial charge in [-0.15, -0.1) is 0 Å². The largest absolute Gasteiger partial charge is 0.296 e. The van der Waals surface area contributed by atoms with E-state index in [1.54, 1.807) is 41.8 Å². The number of nitro benzene ring substituents is 1. The predicted octanol–water partition coefficient (Wildman–Crippen LogP) is 3.59. The number of imide groups is 1. The van der Waals surface area contributed by atoms with E-state index in [0.717, 1.165) is 4.90 Å². The number of para-hydroxylation sites is 2. The van der Waals surface area contributed by atoms with Gasteiger partial charge in [0.05, 0.1) is 39.0 Å². The predicted molar refractivity (Wildman–Crippen MR) is 147 cm³/mol. The summed E-state index contributed by atoms with van der Waals surface area (Å²) in [5.41, 5.74) is 0.876. The highest BCUT2D eigenvalue weighted by Crippen LogP contribution is 2.56. The Morgan fingerprint density at radius 1 is 0.975 bits per heavy atom. The Morgan fingerprint density at radius 2 is 1.70 bits per heavy atom. The van der Waals surface area contributed by atoms with Gasteiger partial charge in [0.25, 0.3) is 11.2 Å². The van der Waals surface area contributed by atoms with Crippen LogP contribution in [0.25, 0.3) is 16.6 Å². The van der Waals surface area contributed by atoms with Crippen LogP contribution < -0.4 is 15.8 Å². The summed E-state index contributed by atoms with van der Waals surface area (Å²) < 4.78 is 1.56. The van der Waals surface area contributed by atoms with E-state index >= 15 is 0 Å². The number of non-ortho nitro benzene ring substituents is 1. The van der Waals surface area contributed by atoms with Crippen molar-refractivity contribution in [1.82, 2.24) is 14.9 Å². The molecule has 0 saturated carbocycles. The summed E-state index contributed by atoms with van der Waals surface area (Å²) in [5, 5.41) is 15.7. The number of amides is 2. The van der Waals surface area contributed by atoms with E-state index in [4.69, 9.17) is 4.98 Å². The maximum Gasteiger partial charge on any atom is 0.271 e. The summed E-state index contributed by atoms with van der Waals surface area (Å²) in [5.74, 6) is -2.26. The summed E-state index contributed by atoms with van der Waals surface area (Å²) in [6.07, 6.45) is 0. The fourth-order valence-corrected chi connectivity index (χ4v) is 6.91. The first-order valence-electron chi connectivity index (χ1n) is 13.2. The van der Waals surface area contributed by atoms with Crippen molar-refractivity contribution < 1.29 is 14.5 Å².